The third-order valence-corrected chi connectivity index (χ3v) is 4.09. The molecule has 2 heterocycles. The van der Waals surface area contributed by atoms with E-state index in [0.717, 1.165) is 22.4 Å². The van der Waals surface area contributed by atoms with Crippen molar-refractivity contribution in [2.45, 2.75) is 33.2 Å². The average molecular weight is 265 g/mol. The summed E-state index contributed by atoms with van der Waals surface area (Å²) in [6.45, 7) is 4.38. The molecule has 0 aliphatic heterocycles. The van der Waals surface area contributed by atoms with Gasteiger partial charge in [-0.15, -0.1) is 11.3 Å². The molecular weight excluding hydrogens is 250 g/mol. The minimum atomic E-state index is -1.05. The molecule has 0 spiro atoms. The van der Waals surface area contributed by atoms with Gasteiger partial charge in [-0.25, -0.2) is 4.79 Å². The Morgan fingerprint density at radius 3 is 2.67 bits per heavy atom. The number of rotatable bonds is 4. The molecule has 96 valence electrons. The molecule has 0 unspecified atom stereocenters. The molecule has 0 saturated heterocycles. The van der Waals surface area contributed by atoms with E-state index in [1.54, 1.807) is 6.07 Å². The number of fused-ring (bicyclic) bond motifs is 1. The molecule has 0 saturated carbocycles. The van der Waals surface area contributed by atoms with Crippen LogP contribution in [-0.4, -0.2) is 15.6 Å². The quantitative estimate of drug-likeness (QED) is 0.924. The number of carboxylic acids is 1. The van der Waals surface area contributed by atoms with Crippen molar-refractivity contribution < 1.29 is 9.90 Å². The molecule has 5 heteroatoms. The van der Waals surface area contributed by atoms with Gasteiger partial charge in [0.15, 0.2) is 0 Å². The normalized spacial score (nSPS) is 11.0. The Kier molecular flexibility index (Phi) is 3.52. The summed E-state index contributed by atoms with van der Waals surface area (Å²) in [6, 6.07) is 3.48. The lowest BCUT2D eigenvalue weighted by molar-refractivity contribution is 0.0683. The van der Waals surface area contributed by atoms with E-state index in [4.69, 9.17) is 0 Å². The molecule has 4 nitrogen and oxygen atoms in total. The number of aromatic nitrogens is 1. The van der Waals surface area contributed by atoms with Crippen LogP contribution < -0.4 is 5.56 Å². The van der Waals surface area contributed by atoms with E-state index in [0.29, 0.717) is 11.9 Å². The molecule has 2 aromatic heterocycles. The zero-order valence-corrected chi connectivity index (χ0v) is 11.2. The molecule has 2 rings (SSSR count). The van der Waals surface area contributed by atoms with Crippen molar-refractivity contribution in [3.8, 4) is 0 Å². The Labute approximate surface area is 108 Å². The van der Waals surface area contributed by atoms with Crippen LogP contribution in [0.4, 0.5) is 0 Å². The van der Waals surface area contributed by atoms with Gasteiger partial charge in [0.1, 0.15) is 5.69 Å². The van der Waals surface area contributed by atoms with Crippen LogP contribution in [0.1, 0.15) is 35.6 Å². The lowest BCUT2D eigenvalue weighted by Crippen LogP contribution is -2.25. The summed E-state index contributed by atoms with van der Waals surface area (Å²) in [4.78, 5) is 24.6. The smallest absolute Gasteiger partial charge is 0.352 e. The summed E-state index contributed by atoms with van der Waals surface area (Å²) >= 11 is 1.49. The average Bonchev–Trinajstić information content (AvgIpc) is 2.75. The highest BCUT2D eigenvalue weighted by atomic mass is 32.1. The molecule has 1 N–H and O–H groups in total. The standard InChI is InChI=1S/C13H15NO3S/c1-3-5-14-10(13(16)17)7-11-9(12(14)15)6-8(4-2)18-11/h6-7H,3-5H2,1-2H3,(H,16,17). The van der Waals surface area contributed by atoms with Crippen LogP contribution in [0.3, 0.4) is 0 Å². The van der Waals surface area contributed by atoms with Gasteiger partial charge in [-0.3, -0.25) is 4.79 Å². The van der Waals surface area contributed by atoms with E-state index in [1.807, 2.05) is 19.9 Å². The predicted molar refractivity (Wildman–Crippen MR) is 72.7 cm³/mol. The number of hydrogen-bond acceptors (Lipinski definition) is 3. The second kappa shape index (κ2) is 4.94. The number of aromatic carboxylic acids is 1. The number of hydrogen-bond donors (Lipinski definition) is 1. The van der Waals surface area contributed by atoms with Gasteiger partial charge in [0.05, 0.1) is 5.39 Å². The first-order valence-corrected chi connectivity index (χ1v) is 6.79. The molecule has 0 fully saturated rings. The molecule has 18 heavy (non-hydrogen) atoms. The largest absolute Gasteiger partial charge is 0.477 e. The third kappa shape index (κ3) is 2.06. The highest BCUT2D eigenvalue weighted by Gasteiger charge is 2.15. The maximum absolute atomic E-state index is 12.3. The zero-order valence-electron chi connectivity index (χ0n) is 10.4. The Balaban J connectivity index is 2.78. The van der Waals surface area contributed by atoms with Crippen LogP contribution >= 0.6 is 11.3 Å². The summed E-state index contributed by atoms with van der Waals surface area (Å²) in [5, 5.41) is 9.82. The minimum absolute atomic E-state index is 0.0823. The van der Waals surface area contributed by atoms with Gasteiger partial charge in [0.2, 0.25) is 0 Å². The first-order chi connectivity index (χ1) is 8.58. The van der Waals surface area contributed by atoms with E-state index in [2.05, 4.69) is 0 Å². The summed E-state index contributed by atoms with van der Waals surface area (Å²) in [7, 11) is 0. The molecule has 0 aliphatic rings. The molecule has 0 aliphatic carbocycles. The maximum atomic E-state index is 12.3. The Bertz CT molecular complexity index is 654. The van der Waals surface area contributed by atoms with E-state index in [-0.39, 0.29) is 11.3 Å². The van der Waals surface area contributed by atoms with Crippen molar-refractivity contribution >= 4 is 27.4 Å². The van der Waals surface area contributed by atoms with E-state index in [9.17, 15) is 14.7 Å². The SMILES string of the molecule is CCCn1c(C(=O)O)cc2sc(CC)cc2c1=O. The first-order valence-electron chi connectivity index (χ1n) is 5.98. The summed E-state index contributed by atoms with van der Waals surface area (Å²) < 4.78 is 2.12. The van der Waals surface area contributed by atoms with Crippen LogP contribution in [-0.2, 0) is 13.0 Å². The minimum Gasteiger partial charge on any atom is -0.477 e. The fourth-order valence-electron chi connectivity index (χ4n) is 1.99. The van der Waals surface area contributed by atoms with Gasteiger partial charge in [0.25, 0.3) is 5.56 Å². The van der Waals surface area contributed by atoms with Gasteiger partial charge < -0.3 is 9.67 Å². The molecule has 2 aromatic rings. The number of pyridine rings is 1. The van der Waals surface area contributed by atoms with Crippen molar-refractivity contribution in [3.05, 3.63) is 33.1 Å². The highest BCUT2D eigenvalue weighted by molar-refractivity contribution is 7.19. The second-order valence-electron chi connectivity index (χ2n) is 4.14. The summed E-state index contributed by atoms with van der Waals surface area (Å²) in [5.41, 5.74) is -0.110. The molecular formula is C13H15NO3S. The van der Waals surface area contributed by atoms with Gasteiger partial charge in [-0.2, -0.15) is 0 Å². The number of carbonyl (C=O) groups is 1. The maximum Gasteiger partial charge on any atom is 0.352 e. The fraction of sp³-hybridized carbons (Fsp3) is 0.385. The molecule has 0 amide bonds. The number of nitrogens with zero attached hydrogens (tertiary/aromatic N) is 1. The summed E-state index contributed by atoms with van der Waals surface area (Å²) in [6.07, 6.45) is 1.59. The number of aryl methyl sites for hydroxylation is 1. The molecule has 0 radical (unpaired) electrons. The summed E-state index contributed by atoms with van der Waals surface area (Å²) in [5.74, 6) is -1.05. The second-order valence-corrected chi connectivity index (χ2v) is 5.30. The van der Waals surface area contributed by atoms with Gasteiger partial charge in [-0.1, -0.05) is 13.8 Å². The fourth-order valence-corrected chi connectivity index (χ4v) is 3.02. The topological polar surface area (TPSA) is 59.3 Å². The predicted octanol–water partition coefficient (Wildman–Crippen LogP) is 2.73. The van der Waals surface area contributed by atoms with Gasteiger partial charge >= 0.3 is 5.97 Å². The van der Waals surface area contributed by atoms with E-state index >= 15 is 0 Å². The van der Waals surface area contributed by atoms with Gasteiger partial charge in [0, 0.05) is 16.1 Å². The van der Waals surface area contributed by atoms with Crippen molar-refractivity contribution in [1.29, 1.82) is 0 Å². The van der Waals surface area contributed by atoms with Crippen LogP contribution in [0.2, 0.25) is 0 Å². The van der Waals surface area contributed by atoms with Crippen molar-refractivity contribution in [3.63, 3.8) is 0 Å². The third-order valence-electron chi connectivity index (χ3n) is 2.86. The lowest BCUT2D eigenvalue weighted by Gasteiger charge is -2.08. The molecule has 0 aromatic carbocycles. The Hall–Kier alpha value is -1.62. The number of carboxylic acid groups (broad SMARTS) is 1. The van der Waals surface area contributed by atoms with E-state index in [1.165, 1.54) is 15.9 Å². The first kappa shape index (κ1) is 12.8. The van der Waals surface area contributed by atoms with Crippen LogP contribution in [0.15, 0.2) is 16.9 Å². The number of thiophene rings is 1. The van der Waals surface area contributed by atoms with Crippen molar-refractivity contribution in [1.82, 2.24) is 4.57 Å². The Morgan fingerprint density at radius 1 is 1.39 bits per heavy atom. The highest BCUT2D eigenvalue weighted by Crippen LogP contribution is 2.24. The van der Waals surface area contributed by atoms with Gasteiger partial charge in [-0.05, 0) is 25.0 Å². The van der Waals surface area contributed by atoms with Crippen LogP contribution in [0.25, 0.3) is 10.1 Å². The monoisotopic (exact) mass is 265 g/mol. The van der Waals surface area contributed by atoms with Crippen LogP contribution in [0.5, 0.6) is 0 Å². The van der Waals surface area contributed by atoms with Crippen molar-refractivity contribution in [2.75, 3.05) is 0 Å². The zero-order chi connectivity index (χ0) is 13.3. The Morgan fingerprint density at radius 2 is 2.11 bits per heavy atom. The van der Waals surface area contributed by atoms with Crippen molar-refractivity contribution in [2.24, 2.45) is 0 Å². The lowest BCUT2D eigenvalue weighted by atomic mass is 10.2. The molecule has 0 bridgehead atoms. The van der Waals surface area contributed by atoms with E-state index < -0.39 is 5.97 Å². The molecule has 0 atom stereocenters. The van der Waals surface area contributed by atoms with Crippen LogP contribution in [0, 0.1) is 0 Å².